The van der Waals surface area contributed by atoms with E-state index in [9.17, 15) is 13.5 Å². The lowest BCUT2D eigenvalue weighted by molar-refractivity contribution is 0.0712. The molecule has 1 aromatic rings. The Morgan fingerprint density at radius 2 is 1.79 bits per heavy atom. The molecule has 0 atom stereocenters. The van der Waals surface area contributed by atoms with Gasteiger partial charge >= 0.3 is 0 Å². The summed E-state index contributed by atoms with van der Waals surface area (Å²) >= 11 is 0. The second-order valence-electron chi connectivity index (χ2n) is 5.03. The first-order chi connectivity index (χ1) is 8.83. The zero-order chi connectivity index (χ0) is 14.2. The van der Waals surface area contributed by atoms with Crippen LogP contribution < -0.4 is 9.46 Å². The van der Waals surface area contributed by atoms with E-state index >= 15 is 0 Å². The SMILES string of the molecule is COc1cc(C)c(S(=O)(=O)NC2CC(O)C2)c(C)c1. The quantitative estimate of drug-likeness (QED) is 0.869. The molecule has 0 bridgehead atoms. The molecule has 19 heavy (non-hydrogen) atoms. The van der Waals surface area contributed by atoms with E-state index in [0.29, 0.717) is 34.6 Å². The Bertz CT molecular complexity index is 553. The first-order valence-electron chi connectivity index (χ1n) is 6.19. The van der Waals surface area contributed by atoms with E-state index in [1.54, 1.807) is 33.1 Å². The standard InChI is InChI=1S/C13H19NO4S/c1-8-4-12(18-3)5-9(2)13(8)19(16,17)14-10-6-11(15)7-10/h4-5,10-11,14-15H,6-7H2,1-3H3. The summed E-state index contributed by atoms with van der Waals surface area (Å²) in [6.45, 7) is 3.50. The summed E-state index contributed by atoms with van der Waals surface area (Å²) in [4.78, 5) is 0.301. The Kier molecular flexibility index (Phi) is 3.85. The summed E-state index contributed by atoms with van der Waals surface area (Å²) in [6.07, 6.45) is 0.576. The van der Waals surface area contributed by atoms with Gasteiger partial charge in [-0.1, -0.05) is 0 Å². The van der Waals surface area contributed by atoms with Gasteiger partial charge in [-0.05, 0) is 49.9 Å². The molecule has 6 heteroatoms. The molecule has 0 unspecified atom stereocenters. The van der Waals surface area contributed by atoms with Crippen LogP contribution in [0, 0.1) is 13.8 Å². The van der Waals surface area contributed by atoms with Gasteiger partial charge in [-0.25, -0.2) is 13.1 Å². The van der Waals surface area contributed by atoms with Crippen molar-refractivity contribution in [1.82, 2.24) is 4.72 Å². The van der Waals surface area contributed by atoms with Crippen LogP contribution in [0.3, 0.4) is 0 Å². The van der Waals surface area contributed by atoms with Crippen LogP contribution in [-0.4, -0.2) is 32.8 Å². The minimum Gasteiger partial charge on any atom is -0.497 e. The fourth-order valence-electron chi connectivity index (χ4n) is 2.41. The molecule has 0 radical (unpaired) electrons. The molecule has 1 aliphatic carbocycles. The van der Waals surface area contributed by atoms with Crippen LogP contribution in [0.5, 0.6) is 5.75 Å². The van der Waals surface area contributed by atoms with E-state index in [0.717, 1.165) is 0 Å². The second kappa shape index (κ2) is 5.11. The van der Waals surface area contributed by atoms with Crippen LogP contribution in [0.25, 0.3) is 0 Å². The normalized spacial score (nSPS) is 22.9. The Hall–Kier alpha value is -1.11. The molecule has 0 amide bonds. The molecule has 0 spiro atoms. The van der Waals surface area contributed by atoms with E-state index < -0.39 is 10.0 Å². The molecule has 0 heterocycles. The lowest BCUT2D eigenvalue weighted by Gasteiger charge is -2.32. The Labute approximate surface area is 113 Å². The molecule has 0 aliphatic heterocycles. The van der Waals surface area contributed by atoms with Crippen LogP contribution in [0.2, 0.25) is 0 Å². The minimum absolute atomic E-state index is 0.166. The number of benzene rings is 1. The molecule has 2 rings (SSSR count). The summed E-state index contributed by atoms with van der Waals surface area (Å²) in [5, 5.41) is 9.21. The number of aryl methyl sites for hydroxylation is 2. The van der Waals surface area contributed by atoms with Crippen molar-refractivity contribution in [3.05, 3.63) is 23.3 Å². The second-order valence-corrected chi connectivity index (χ2v) is 6.68. The molecule has 2 N–H and O–H groups in total. The molecule has 1 aromatic carbocycles. The number of aliphatic hydroxyl groups excluding tert-OH is 1. The summed E-state index contributed by atoms with van der Waals surface area (Å²) in [7, 11) is -1.99. The maximum absolute atomic E-state index is 12.3. The largest absolute Gasteiger partial charge is 0.497 e. The van der Waals surface area contributed by atoms with Gasteiger partial charge in [0, 0.05) is 6.04 Å². The number of aliphatic hydroxyl groups is 1. The highest BCUT2D eigenvalue weighted by Crippen LogP contribution is 2.28. The van der Waals surface area contributed by atoms with Crippen molar-refractivity contribution >= 4 is 10.0 Å². The first-order valence-corrected chi connectivity index (χ1v) is 7.67. The predicted octanol–water partition coefficient (Wildman–Crippen LogP) is 1.11. The van der Waals surface area contributed by atoms with Gasteiger partial charge in [0.2, 0.25) is 10.0 Å². The van der Waals surface area contributed by atoms with Gasteiger partial charge in [-0.3, -0.25) is 0 Å². The van der Waals surface area contributed by atoms with E-state index in [4.69, 9.17) is 4.74 Å². The van der Waals surface area contributed by atoms with Crippen LogP contribution in [0.1, 0.15) is 24.0 Å². The molecule has 5 nitrogen and oxygen atoms in total. The monoisotopic (exact) mass is 285 g/mol. The summed E-state index contributed by atoms with van der Waals surface area (Å²) in [6, 6.07) is 3.25. The number of hydrogen-bond donors (Lipinski definition) is 2. The van der Waals surface area contributed by atoms with Crippen molar-refractivity contribution in [1.29, 1.82) is 0 Å². The zero-order valence-electron chi connectivity index (χ0n) is 11.3. The molecule has 0 saturated heterocycles. The number of hydrogen-bond acceptors (Lipinski definition) is 4. The highest BCUT2D eigenvalue weighted by atomic mass is 32.2. The van der Waals surface area contributed by atoms with E-state index in [-0.39, 0.29) is 12.1 Å². The van der Waals surface area contributed by atoms with E-state index in [1.807, 2.05) is 0 Å². The molecular formula is C13H19NO4S. The van der Waals surface area contributed by atoms with E-state index in [2.05, 4.69) is 4.72 Å². The molecule has 0 aromatic heterocycles. The number of sulfonamides is 1. The summed E-state index contributed by atoms with van der Waals surface area (Å²) < 4.78 is 32.5. The summed E-state index contributed by atoms with van der Waals surface area (Å²) in [5.41, 5.74) is 1.31. The molecular weight excluding hydrogens is 266 g/mol. The van der Waals surface area contributed by atoms with Crippen LogP contribution >= 0.6 is 0 Å². The smallest absolute Gasteiger partial charge is 0.241 e. The first kappa shape index (κ1) is 14.3. The van der Waals surface area contributed by atoms with Crippen LogP contribution in [0.4, 0.5) is 0 Å². The van der Waals surface area contributed by atoms with Gasteiger partial charge in [0.05, 0.1) is 18.1 Å². The van der Waals surface area contributed by atoms with E-state index in [1.165, 1.54) is 0 Å². The van der Waals surface area contributed by atoms with Gasteiger partial charge in [-0.15, -0.1) is 0 Å². The highest BCUT2D eigenvalue weighted by Gasteiger charge is 2.32. The van der Waals surface area contributed by atoms with Crippen molar-refractivity contribution in [2.75, 3.05) is 7.11 Å². The lowest BCUT2D eigenvalue weighted by Crippen LogP contribution is -2.46. The minimum atomic E-state index is -3.55. The molecule has 106 valence electrons. The van der Waals surface area contributed by atoms with Gasteiger partial charge in [0.1, 0.15) is 5.75 Å². The number of nitrogens with one attached hydrogen (secondary N) is 1. The van der Waals surface area contributed by atoms with Crippen LogP contribution in [-0.2, 0) is 10.0 Å². The third-order valence-electron chi connectivity index (χ3n) is 3.37. The number of ether oxygens (including phenoxy) is 1. The van der Waals surface area contributed by atoms with Crippen molar-refractivity contribution in [3.8, 4) is 5.75 Å². The van der Waals surface area contributed by atoms with Gasteiger partial charge < -0.3 is 9.84 Å². The van der Waals surface area contributed by atoms with Gasteiger partial charge in [0.15, 0.2) is 0 Å². The third-order valence-corrected chi connectivity index (χ3v) is 5.20. The molecule has 1 fully saturated rings. The Morgan fingerprint density at radius 3 is 2.21 bits per heavy atom. The van der Waals surface area contributed by atoms with Crippen molar-refractivity contribution in [2.45, 2.75) is 43.7 Å². The fourth-order valence-corrected chi connectivity index (χ4v) is 4.13. The number of methoxy groups -OCH3 is 1. The Morgan fingerprint density at radius 1 is 1.26 bits per heavy atom. The average Bonchev–Trinajstić information content (AvgIpc) is 2.25. The highest BCUT2D eigenvalue weighted by molar-refractivity contribution is 7.89. The maximum Gasteiger partial charge on any atom is 0.241 e. The molecule has 1 aliphatic rings. The third kappa shape index (κ3) is 2.91. The zero-order valence-corrected chi connectivity index (χ0v) is 12.1. The predicted molar refractivity (Wildman–Crippen MR) is 71.8 cm³/mol. The van der Waals surface area contributed by atoms with Crippen molar-refractivity contribution in [2.24, 2.45) is 0 Å². The topological polar surface area (TPSA) is 75.6 Å². The maximum atomic E-state index is 12.3. The summed E-state index contributed by atoms with van der Waals surface area (Å²) in [5.74, 6) is 0.646. The van der Waals surface area contributed by atoms with Crippen molar-refractivity contribution < 1.29 is 18.3 Å². The van der Waals surface area contributed by atoms with Gasteiger partial charge in [0.25, 0.3) is 0 Å². The van der Waals surface area contributed by atoms with Crippen molar-refractivity contribution in [3.63, 3.8) is 0 Å². The average molecular weight is 285 g/mol. The van der Waals surface area contributed by atoms with Crippen LogP contribution in [0.15, 0.2) is 17.0 Å². The Balaban J connectivity index is 2.30. The molecule has 1 saturated carbocycles. The van der Waals surface area contributed by atoms with Gasteiger partial charge in [-0.2, -0.15) is 0 Å². The number of rotatable bonds is 4. The fraction of sp³-hybridized carbons (Fsp3) is 0.538. The lowest BCUT2D eigenvalue weighted by atomic mass is 9.91.